The first kappa shape index (κ1) is 12.6. The molecule has 0 aromatic heterocycles. The second-order valence-electron chi connectivity index (χ2n) is 5.36. The zero-order valence-corrected chi connectivity index (χ0v) is 11.1. The molecule has 0 atom stereocenters. The quantitative estimate of drug-likeness (QED) is 0.618. The van der Waals surface area contributed by atoms with Crippen LogP contribution in [-0.2, 0) is 14.3 Å². The van der Waals surface area contributed by atoms with Gasteiger partial charge < -0.3 is 20.3 Å². The van der Waals surface area contributed by atoms with Gasteiger partial charge in [-0.15, -0.1) is 0 Å². The molecule has 1 spiro atoms. The Morgan fingerprint density at radius 3 is 2.58 bits per heavy atom. The van der Waals surface area contributed by atoms with Crippen molar-refractivity contribution in [3.05, 3.63) is 11.3 Å². The van der Waals surface area contributed by atoms with E-state index in [4.69, 9.17) is 4.74 Å². The first-order valence-corrected chi connectivity index (χ1v) is 6.79. The molecule has 104 valence electrons. The molecule has 6 nitrogen and oxygen atoms in total. The van der Waals surface area contributed by atoms with E-state index in [2.05, 4.69) is 10.6 Å². The molecule has 6 heteroatoms. The molecule has 0 unspecified atom stereocenters. The molecular weight excluding hydrogens is 246 g/mol. The summed E-state index contributed by atoms with van der Waals surface area (Å²) < 4.78 is 5.02. The van der Waals surface area contributed by atoms with Gasteiger partial charge >= 0.3 is 5.97 Å². The van der Waals surface area contributed by atoms with E-state index >= 15 is 0 Å². The minimum Gasteiger partial charge on any atom is -0.456 e. The van der Waals surface area contributed by atoms with Gasteiger partial charge in [0.05, 0.1) is 11.3 Å². The van der Waals surface area contributed by atoms with E-state index in [1.807, 2.05) is 0 Å². The van der Waals surface area contributed by atoms with Crippen LogP contribution in [0.5, 0.6) is 0 Å². The van der Waals surface area contributed by atoms with E-state index in [0.29, 0.717) is 12.1 Å². The molecule has 19 heavy (non-hydrogen) atoms. The van der Waals surface area contributed by atoms with Crippen molar-refractivity contribution >= 4 is 11.9 Å². The monoisotopic (exact) mass is 265 g/mol. The summed E-state index contributed by atoms with van der Waals surface area (Å²) in [5.41, 5.74) is 0.858. The number of piperazine rings is 1. The largest absolute Gasteiger partial charge is 0.456 e. The van der Waals surface area contributed by atoms with Crippen molar-refractivity contribution in [3.8, 4) is 0 Å². The molecule has 0 bridgehead atoms. The standard InChI is InChI=1S/C13H19N3O3/c1-9-10(8-19-11(9)17)16-7-6-15-13(12(16)18)2-4-14-5-3-13/h14-15H,2-8H2,1H3. The smallest absolute Gasteiger partial charge is 0.336 e. The summed E-state index contributed by atoms with van der Waals surface area (Å²) in [5.74, 6) is -0.214. The summed E-state index contributed by atoms with van der Waals surface area (Å²) in [4.78, 5) is 26.0. The molecule has 3 rings (SSSR count). The molecule has 3 aliphatic heterocycles. The van der Waals surface area contributed by atoms with Gasteiger partial charge in [0.15, 0.2) is 0 Å². The third-order valence-electron chi connectivity index (χ3n) is 4.32. The molecular formula is C13H19N3O3. The molecule has 3 heterocycles. The lowest BCUT2D eigenvalue weighted by Crippen LogP contribution is -2.67. The Morgan fingerprint density at radius 1 is 1.21 bits per heavy atom. The molecule has 0 aromatic carbocycles. The average molecular weight is 265 g/mol. The van der Waals surface area contributed by atoms with Crippen LogP contribution in [0.2, 0.25) is 0 Å². The maximum atomic E-state index is 12.8. The van der Waals surface area contributed by atoms with Crippen LogP contribution in [0.25, 0.3) is 0 Å². The number of carbonyl (C=O) groups excluding carboxylic acids is 2. The summed E-state index contributed by atoms with van der Waals surface area (Å²) in [6, 6.07) is 0. The highest BCUT2D eigenvalue weighted by atomic mass is 16.5. The number of nitrogens with one attached hydrogen (secondary N) is 2. The van der Waals surface area contributed by atoms with Crippen LogP contribution in [-0.4, -0.2) is 55.1 Å². The van der Waals surface area contributed by atoms with Crippen LogP contribution in [0.3, 0.4) is 0 Å². The highest BCUT2D eigenvalue weighted by molar-refractivity contribution is 5.94. The number of carbonyl (C=O) groups is 2. The molecule has 0 aromatic rings. The molecule has 3 aliphatic rings. The maximum Gasteiger partial charge on any atom is 0.336 e. The zero-order valence-electron chi connectivity index (χ0n) is 11.1. The highest BCUT2D eigenvalue weighted by Gasteiger charge is 2.46. The van der Waals surface area contributed by atoms with Crippen LogP contribution in [0.1, 0.15) is 19.8 Å². The van der Waals surface area contributed by atoms with E-state index in [0.717, 1.165) is 38.2 Å². The number of esters is 1. The number of amides is 1. The van der Waals surface area contributed by atoms with Crippen LogP contribution < -0.4 is 10.6 Å². The molecule has 2 fully saturated rings. The minimum atomic E-state index is -0.456. The van der Waals surface area contributed by atoms with Crippen LogP contribution >= 0.6 is 0 Å². The number of cyclic esters (lactones) is 1. The SMILES string of the molecule is CC1=C(N2CCNC3(CCNCC3)C2=O)COC1=O. The van der Waals surface area contributed by atoms with E-state index in [1.54, 1.807) is 11.8 Å². The van der Waals surface area contributed by atoms with Crippen molar-refractivity contribution in [2.45, 2.75) is 25.3 Å². The molecule has 0 saturated carbocycles. The van der Waals surface area contributed by atoms with Crippen molar-refractivity contribution < 1.29 is 14.3 Å². The lowest BCUT2D eigenvalue weighted by molar-refractivity contribution is -0.141. The third kappa shape index (κ3) is 1.95. The second-order valence-corrected chi connectivity index (χ2v) is 5.36. The molecule has 0 radical (unpaired) electrons. The van der Waals surface area contributed by atoms with Gasteiger partial charge in [0.25, 0.3) is 0 Å². The van der Waals surface area contributed by atoms with E-state index < -0.39 is 5.54 Å². The zero-order chi connectivity index (χ0) is 13.5. The first-order valence-electron chi connectivity index (χ1n) is 6.79. The van der Waals surface area contributed by atoms with Crippen LogP contribution in [0, 0.1) is 0 Å². The molecule has 2 saturated heterocycles. The fourth-order valence-corrected chi connectivity index (χ4v) is 3.09. The van der Waals surface area contributed by atoms with Gasteiger partial charge in [0.2, 0.25) is 5.91 Å². The predicted octanol–water partition coefficient (Wildman–Crippen LogP) is -0.629. The number of ether oxygens (including phenoxy) is 1. The maximum absolute atomic E-state index is 12.8. The Morgan fingerprint density at radius 2 is 1.95 bits per heavy atom. The number of hydrogen-bond donors (Lipinski definition) is 2. The Labute approximate surface area is 112 Å². The topological polar surface area (TPSA) is 70.7 Å². The van der Waals surface area contributed by atoms with E-state index in [9.17, 15) is 9.59 Å². The van der Waals surface area contributed by atoms with Crippen molar-refractivity contribution in [2.24, 2.45) is 0 Å². The van der Waals surface area contributed by atoms with Crippen molar-refractivity contribution in [3.63, 3.8) is 0 Å². The Balaban J connectivity index is 1.87. The van der Waals surface area contributed by atoms with Gasteiger partial charge in [-0.1, -0.05) is 0 Å². The summed E-state index contributed by atoms with van der Waals surface area (Å²) >= 11 is 0. The van der Waals surface area contributed by atoms with Gasteiger partial charge in [-0.05, 0) is 32.9 Å². The van der Waals surface area contributed by atoms with Gasteiger partial charge in [0.1, 0.15) is 12.1 Å². The lowest BCUT2D eigenvalue weighted by atomic mass is 9.85. The number of piperidine rings is 1. The average Bonchev–Trinajstić information content (AvgIpc) is 2.75. The molecule has 1 amide bonds. The van der Waals surface area contributed by atoms with Crippen molar-refractivity contribution in [1.82, 2.24) is 15.5 Å². The van der Waals surface area contributed by atoms with Crippen LogP contribution in [0.4, 0.5) is 0 Å². The normalized spacial score (nSPS) is 27.1. The Hall–Kier alpha value is -1.40. The fourth-order valence-electron chi connectivity index (χ4n) is 3.09. The van der Waals surface area contributed by atoms with Gasteiger partial charge in [-0.25, -0.2) is 4.79 Å². The highest BCUT2D eigenvalue weighted by Crippen LogP contribution is 2.29. The summed E-state index contributed by atoms with van der Waals surface area (Å²) in [7, 11) is 0. The fraction of sp³-hybridized carbons (Fsp3) is 0.692. The first-order chi connectivity index (χ1) is 9.14. The summed E-state index contributed by atoms with van der Waals surface area (Å²) in [6.45, 7) is 5.02. The number of hydrogen-bond acceptors (Lipinski definition) is 5. The molecule has 0 aliphatic carbocycles. The second kappa shape index (κ2) is 4.61. The van der Waals surface area contributed by atoms with Crippen molar-refractivity contribution in [1.29, 1.82) is 0 Å². The molecule has 2 N–H and O–H groups in total. The van der Waals surface area contributed by atoms with E-state index in [1.165, 1.54) is 0 Å². The lowest BCUT2D eigenvalue weighted by Gasteiger charge is -2.45. The Kier molecular flexibility index (Phi) is 3.06. The van der Waals surface area contributed by atoms with Gasteiger partial charge in [-0.3, -0.25) is 4.79 Å². The van der Waals surface area contributed by atoms with Gasteiger partial charge in [0, 0.05) is 13.1 Å². The van der Waals surface area contributed by atoms with E-state index in [-0.39, 0.29) is 18.5 Å². The van der Waals surface area contributed by atoms with Gasteiger partial charge in [-0.2, -0.15) is 0 Å². The predicted molar refractivity (Wildman–Crippen MR) is 68.2 cm³/mol. The summed E-state index contributed by atoms with van der Waals surface area (Å²) in [6.07, 6.45) is 1.59. The van der Waals surface area contributed by atoms with Crippen LogP contribution in [0.15, 0.2) is 11.3 Å². The third-order valence-corrected chi connectivity index (χ3v) is 4.32. The minimum absolute atomic E-state index is 0.0906. The summed E-state index contributed by atoms with van der Waals surface area (Å²) in [5, 5.41) is 6.66. The number of nitrogens with zero attached hydrogens (tertiary/aromatic N) is 1. The number of rotatable bonds is 1. The van der Waals surface area contributed by atoms with Crippen molar-refractivity contribution in [2.75, 3.05) is 32.8 Å². The Bertz CT molecular complexity index is 447.